The quantitative estimate of drug-likeness (QED) is 0.267. The monoisotopic (exact) mass is 687 g/mol. The Kier molecular flexibility index (Phi) is 32.7. The number of quaternary nitrogens is 1. The lowest BCUT2D eigenvalue weighted by atomic mass is 10.00. The molecule has 0 unspecified atom stereocenters. The van der Waals surface area contributed by atoms with Crippen LogP contribution in [0.1, 0.15) is 185 Å². The Balaban J connectivity index is -0.000000154. The van der Waals surface area contributed by atoms with Crippen LogP contribution in [0.4, 0.5) is 0 Å². The summed E-state index contributed by atoms with van der Waals surface area (Å²) in [6.07, 6.45) is 9.54. The van der Waals surface area contributed by atoms with Crippen LogP contribution in [0.25, 0.3) is 0 Å². The van der Waals surface area contributed by atoms with Gasteiger partial charge in [-0.15, -0.1) is 0 Å². The van der Waals surface area contributed by atoms with E-state index < -0.39 is 0 Å². The molecule has 3 saturated heterocycles. The van der Waals surface area contributed by atoms with Gasteiger partial charge in [-0.2, -0.15) is 4.65 Å². The van der Waals surface area contributed by atoms with E-state index in [1.165, 1.54) is 51.9 Å². The minimum atomic E-state index is 0. The molecule has 0 radical (unpaired) electrons. The normalized spacial score (nSPS) is 16.9. The molecule has 3 aliphatic rings. The number of hydrogen-bond acceptors (Lipinski definition) is 4. The molecule has 0 saturated carbocycles. The maximum atomic E-state index is 9.68. The van der Waals surface area contributed by atoms with Crippen molar-refractivity contribution in [2.45, 2.75) is 213 Å². The second kappa shape index (κ2) is 27.8. The van der Waals surface area contributed by atoms with Gasteiger partial charge in [0, 0.05) is 34.5 Å². The van der Waals surface area contributed by atoms with E-state index in [1.54, 1.807) is 0 Å². The SMILES string of the molecule is CC.CC.CC.CC.CC(C)(C)N.CC(C)(C)N1CCC1.CC(C)(C)N1CCCC1.CC(C)(C)[N+]1(O)CCC1.CC(C)(C)n1cccc1. The molecular weight excluding hydrogens is 590 g/mol. The van der Waals surface area contributed by atoms with Crippen molar-refractivity contribution >= 4 is 0 Å². The van der Waals surface area contributed by atoms with Gasteiger partial charge in [-0.05, 0) is 161 Å². The molecule has 4 heterocycles. The van der Waals surface area contributed by atoms with Crippen molar-refractivity contribution in [1.29, 1.82) is 0 Å². The van der Waals surface area contributed by atoms with Gasteiger partial charge in [0.2, 0.25) is 0 Å². The van der Waals surface area contributed by atoms with Crippen LogP contribution in [0.2, 0.25) is 0 Å². The zero-order valence-electron chi connectivity index (χ0n) is 37.7. The van der Waals surface area contributed by atoms with Crippen LogP contribution in [0.3, 0.4) is 0 Å². The number of nitrogens with zero attached hydrogens (tertiary/aromatic N) is 4. The van der Waals surface area contributed by atoms with E-state index in [0.29, 0.717) is 11.1 Å². The molecule has 3 fully saturated rings. The van der Waals surface area contributed by atoms with Crippen molar-refractivity contribution in [2.24, 2.45) is 5.73 Å². The van der Waals surface area contributed by atoms with Crippen LogP contribution >= 0.6 is 0 Å². The molecule has 6 heteroatoms. The Labute approximate surface area is 305 Å². The van der Waals surface area contributed by atoms with Crippen molar-refractivity contribution in [3.63, 3.8) is 0 Å². The van der Waals surface area contributed by atoms with Gasteiger partial charge in [-0.3, -0.25) is 9.80 Å². The standard InChI is InChI=1S/C8H17N.C8H13N.C7H16NO.C7H15N.C4H11N.4C2H6/c2*1-8(2,3)9-6-4-5-7-9;1-7(2,3)8(9)5-4-6-8;1-7(2,3)8-5-4-6-8;1-4(2,3)5;4*1-2/h4-7H2,1-3H3;4-7H,1-3H3;9H,4-6H2,1-3H3;4-6H2,1-3H3;5H2,1-3H3;4*1-2H3/q;;+1;;;;;;. The maximum absolute atomic E-state index is 9.68. The van der Waals surface area contributed by atoms with Gasteiger partial charge >= 0.3 is 0 Å². The van der Waals surface area contributed by atoms with Gasteiger partial charge in [-0.25, -0.2) is 5.21 Å². The average molecular weight is 687 g/mol. The van der Waals surface area contributed by atoms with Crippen molar-refractivity contribution in [3.05, 3.63) is 24.5 Å². The van der Waals surface area contributed by atoms with Crippen molar-refractivity contribution in [2.75, 3.05) is 39.3 Å². The fraction of sp³-hybridized carbons (Fsp3) is 0.905. The third-order valence-corrected chi connectivity index (χ3v) is 7.54. The van der Waals surface area contributed by atoms with Gasteiger partial charge in [0.05, 0.1) is 6.42 Å². The molecule has 48 heavy (non-hydrogen) atoms. The van der Waals surface area contributed by atoms with Crippen LogP contribution < -0.4 is 5.73 Å². The smallest absolute Gasteiger partial charge is 0.120 e. The fourth-order valence-corrected chi connectivity index (χ4v) is 4.29. The number of likely N-dealkylation sites (tertiary alicyclic amines) is 3. The number of hydrogen-bond donors (Lipinski definition) is 2. The Morgan fingerprint density at radius 2 is 0.750 bits per heavy atom. The van der Waals surface area contributed by atoms with E-state index in [9.17, 15) is 5.21 Å². The first-order valence-corrected chi connectivity index (χ1v) is 19.8. The molecule has 4 rings (SSSR count). The molecule has 1 aromatic heterocycles. The van der Waals surface area contributed by atoms with Gasteiger partial charge in [0.1, 0.15) is 18.6 Å². The Hall–Kier alpha value is -0.920. The zero-order valence-corrected chi connectivity index (χ0v) is 37.7. The van der Waals surface area contributed by atoms with Crippen LogP contribution in [0, 0.1) is 0 Å². The van der Waals surface area contributed by atoms with E-state index in [4.69, 9.17) is 5.73 Å². The Bertz CT molecular complexity index is 764. The first-order chi connectivity index (χ1) is 21.8. The van der Waals surface area contributed by atoms with Crippen LogP contribution in [0.5, 0.6) is 0 Å². The highest BCUT2D eigenvalue weighted by Gasteiger charge is 2.45. The lowest BCUT2D eigenvalue weighted by Crippen LogP contribution is -2.65. The molecule has 1 aromatic rings. The molecule has 6 nitrogen and oxygen atoms in total. The molecule has 0 spiro atoms. The van der Waals surface area contributed by atoms with Gasteiger partial charge < -0.3 is 10.3 Å². The van der Waals surface area contributed by atoms with E-state index >= 15 is 0 Å². The van der Waals surface area contributed by atoms with Crippen LogP contribution in [0.15, 0.2) is 24.5 Å². The third-order valence-electron chi connectivity index (χ3n) is 7.54. The lowest BCUT2D eigenvalue weighted by molar-refractivity contribution is -1.16. The summed E-state index contributed by atoms with van der Waals surface area (Å²) in [5.74, 6) is 0. The summed E-state index contributed by atoms with van der Waals surface area (Å²) in [6.45, 7) is 55.5. The molecule has 0 amide bonds. The second-order valence-electron chi connectivity index (χ2n) is 16.9. The predicted octanol–water partition coefficient (Wildman–Crippen LogP) is 11.9. The summed E-state index contributed by atoms with van der Waals surface area (Å²) in [5.41, 5.74) is 6.46. The largest absolute Gasteiger partial charge is 0.349 e. The van der Waals surface area contributed by atoms with Crippen LogP contribution in [-0.4, -0.2) is 85.6 Å². The number of aromatic nitrogens is 1. The summed E-state index contributed by atoms with van der Waals surface area (Å²) in [5, 5.41) is 9.68. The molecule has 0 atom stereocenters. The number of hydroxylamine groups is 3. The van der Waals surface area contributed by atoms with Crippen molar-refractivity contribution in [1.82, 2.24) is 14.4 Å². The molecule has 3 aliphatic heterocycles. The van der Waals surface area contributed by atoms with Gasteiger partial charge in [0.25, 0.3) is 0 Å². The fourth-order valence-electron chi connectivity index (χ4n) is 4.29. The highest BCUT2D eigenvalue weighted by Crippen LogP contribution is 2.28. The van der Waals surface area contributed by atoms with Crippen molar-refractivity contribution in [3.8, 4) is 0 Å². The first-order valence-electron chi connectivity index (χ1n) is 19.8. The predicted molar refractivity (Wildman–Crippen MR) is 221 cm³/mol. The molecular formula is C42H96N5O+. The minimum absolute atomic E-state index is 0. The number of rotatable bonds is 0. The topological polar surface area (TPSA) is 57.7 Å². The molecule has 294 valence electrons. The van der Waals surface area contributed by atoms with Gasteiger partial charge in [0.15, 0.2) is 0 Å². The molecule has 3 N–H and O–H groups in total. The van der Waals surface area contributed by atoms with E-state index in [-0.39, 0.29) is 21.3 Å². The third kappa shape index (κ3) is 29.9. The molecule has 0 bridgehead atoms. The van der Waals surface area contributed by atoms with Crippen LogP contribution in [-0.2, 0) is 5.54 Å². The van der Waals surface area contributed by atoms with E-state index in [2.05, 4.69) is 110 Å². The average Bonchev–Trinajstić information content (AvgIpc) is 3.65. The van der Waals surface area contributed by atoms with Gasteiger partial charge in [-0.1, -0.05) is 55.4 Å². The number of nitrogens with two attached hydrogens (primary N) is 1. The maximum Gasteiger partial charge on any atom is 0.120 e. The Morgan fingerprint density at radius 1 is 0.479 bits per heavy atom. The Morgan fingerprint density at radius 3 is 0.833 bits per heavy atom. The zero-order chi connectivity index (χ0) is 39.6. The summed E-state index contributed by atoms with van der Waals surface area (Å²) >= 11 is 0. The summed E-state index contributed by atoms with van der Waals surface area (Å²) in [7, 11) is 0. The summed E-state index contributed by atoms with van der Waals surface area (Å²) in [4.78, 5) is 5.04. The second-order valence-corrected chi connectivity index (χ2v) is 16.9. The van der Waals surface area contributed by atoms with E-state index in [1.807, 2.05) is 88.3 Å². The highest BCUT2D eigenvalue weighted by molar-refractivity contribution is 4.94. The minimum Gasteiger partial charge on any atom is -0.349 e. The highest BCUT2D eigenvalue weighted by atomic mass is 16.6. The first kappa shape index (κ1) is 56.5. The molecule has 0 aromatic carbocycles. The summed E-state index contributed by atoms with van der Waals surface area (Å²) < 4.78 is 2.46. The summed E-state index contributed by atoms with van der Waals surface area (Å²) in [6, 6.07) is 4.09. The van der Waals surface area contributed by atoms with E-state index in [0.717, 1.165) is 13.1 Å². The molecule has 0 aliphatic carbocycles. The lowest BCUT2D eigenvalue weighted by Gasteiger charge is -2.47. The van der Waals surface area contributed by atoms with Crippen molar-refractivity contribution < 1.29 is 9.85 Å².